The first-order valence-corrected chi connectivity index (χ1v) is 43.9. The molecule has 0 unspecified atom stereocenters. The number of aliphatic hydroxyl groups is 6. The van der Waals surface area contributed by atoms with Gasteiger partial charge in [-0.1, -0.05) is 69.1 Å². The van der Waals surface area contributed by atoms with Gasteiger partial charge < -0.3 is 111 Å². The Morgan fingerprint density at radius 3 is 1.98 bits per heavy atom. The number of ketones is 3. The quantitative estimate of drug-likeness (QED) is 0.0223. The van der Waals surface area contributed by atoms with Crippen molar-refractivity contribution in [2.24, 2.45) is 53.1 Å². The summed E-state index contributed by atoms with van der Waals surface area (Å²) in [6, 6.07) is 14.3. The molecule has 4 saturated carbocycles. The first-order chi connectivity index (χ1) is 59.1. The summed E-state index contributed by atoms with van der Waals surface area (Å²) in [5.41, 5.74) is 3.77. The molecule has 7 aliphatic heterocycles. The molecule has 15 bridgehead atoms. The third kappa shape index (κ3) is 19.9. The van der Waals surface area contributed by atoms with Crippen LogP contribution in [-0.4, -0.2) is 186 Å². The zero-order valence-electron chi connectivity index (χ0n) is 69.3. The molecule has 5 amide bonds. The molecule has 17 rings (SSSR count). The van der Waals surface area contributed by atoms with Gasteiger partial charge in [0.1, 0.15) is 95.8 Å². The molecule has 17 N–H and O–H groups in total. The number of aliphatic hydroxyl groups excluding tert-OH is 6. The Morgan fingerprint density at radius 2 is 1.35 bits per heavy atom. The average molecular weight is 1770 g/mol. The van der Waals surface area contributed by atoms with Gasteiger partial charge in [0.05, 0.1) is 40.7 Å². The zero-order valence-corrected chi connectivity index (χ0v) is 71.6. The number of aromatic hydroxyl groups is 3. The predicted molar refractivity (Wildman–Crippen MR) is 451 cm³/mol. The first kappa shape index (κ1) is 91.0. The number of fused-ring (bicyclic) bond motifs is 15. The van der Waals surface area contributed by atoms with Crippen LogP contribution in [0.4, 0.5) is 0 Å². The van der Waals surface area contributed by atoms with Crippen LogP contribution < -0.4 is 56.0 Å². The molecule has 0 spiro atoms. The summed E-state index contributed by atoms with van der Waals surface area (Å²) in [6.07, 6.45) is -14.9. The predicted octanol–water partition coefficient (Wildman–Crippen LogP) is 8.79. The van der Waals surface area contributed by atoms with Crippen LogP contribution in [0.25, 0.3) is 11.1 Å². The number of hydrogen-bond acceptors (Lipinski definition) is 27. The fourth-order valence-corrected chi connectivity index (χ4v) is 20.2. The highest BCUT2D eigenvalue weighted by Gasteiger charge is 2.53. The largest absolute Gasteiger partial charge is 0.508 e. The second kappa shape index (κ2) is 38.5. The molecule has 6 fully saturated rings. The van der Waals surface area contributed by atoms with E-state index in [1.807, 2.05) is 20.8 Å². The van der Waals surface area contributed by atoms with Crippen LogP contribution in [-0.2, 0) is 52.6 Å². The summed E-state index contributed by atoms with van der Waals surface area (Å²) in [4.78, 5) is 126. The number of Topliss-reactive ketones (excluding diaryl/α,β-unsaturated/α-hetero) is 3. The van der Waals surface area contributed by atoms with E-state index >= 15 is 28.8 Å². The van der Waals surface area contributed by atoms with Crippen LogP contribution in [0.2, 0.25) is 10.0 Å². The van der Waals surface area contributed by atoms with Crippen molar-refractivity contribution in [3.8, 4) is 62.9 Å². The highest BCUT2D eigenvalue weighted by molar-refractivity contribution is 7.98. The van der Waals surface area contributed by atoms with Gasteiger partial charge in [-0.25, -0.2) is 0 Å². The van der Waals surface area contributed by atoms with Gasteiger partial charge in [-0.05, 0) is 219 Å². The lowest BCUT2D eigenvalue weighted by atomic mass is 9.51. The number of nitrogens with one attached hydrogen (secondary N) is 6. The van der Waals surface area contributed by atoms with E-state index in [0.29, 0.717) is 48.5 Å². The third-order valence-corrected chi connectivity index (χ3v) is 26.9. The van der Waals surface area contributed by atoms with E-state index in [1.54, 1.807) is 31.2 Å². The van der Waals surface area contributed by atoms with Crippen LogP contribution >= 0.6 is 35.1 Å². The van der Waals surface area contributed by atoms with Crippen molar-refractivity contribution in [3.05, 3.63) is 141 Å². The lowest BCUT2D eigenvalue weighted by molar-refractivity contribution is -0.333. The maximum atomic E-state index is 16.8. The minimum absolute atomic E-state index is 0.0253. The third-order valence-electron chi connectivity index (χ3n) is 25.4. The summed E-state index contributed by atoms with van der Waals surface area (Å²) in [7, 11) is 0. The van der Waals surface area contributed by atoms with Crippen LogP contribution in [0, 0.1) is 47.3 Å². The Balaban J connectivity index is 0.954. The molecule has 4 aliphatic carbocycles. The van der Waals surface area contributed by atoms with Gasteiger partial charge in [0.2, 0.25) is 41.6 Å². The molecule has 11 aliphatic rings. The number of carbonyl (C=O) groups excluding carboxylic acids is 8. The summed E-state index contributed by atoms with van der Waals surface area (Å²) < 4.78 is 47.9. The lowest BCUT2D eigenvalue weighted by Gasteiger charge is -2.54. The van der Waals surface area contributed by atoms with Crippen LogP contribution in [0.1, 0.15) is 177 Å². The van der Waals surface area contributed by atoms with E-state index in [1.165, 1.54) is 62.4 Å². The SMILES string of the molecule is CCNCCOc1ccc(SNC(=O)C[C@@H]2CC(=O)[C@H](NC(=O)[C@@H](CC)CC(C)C)[C@H](O)c3ccc(c(Cl)c3)Oc3cc4cc(c3O[C@@H]3O[C@H](CO)[C@H](O)[C@H](O)[C@@H]3O[C@H]3C[C@](C)(N)[C@H](O)[C@H](C)O3)Oc3ccc(cc3Cl)[C@H](O)[C@H]3NC(=O)[C@@H](CC(=O)[C@@H]4NC2=O)c2ccc(O)c(c2)-c2c(O)cc(O)cc2[C@@H](C(=O)CC2C4CC5CC(C4)CC2C5)NC3=O)cc1. The standard InChI is InChI=1S/C90H107Cl2N7O24S/c1-7-44(21-40(3)4)85(113)97-76-63(104)30-51(33-71(107)99-124-54-14-12-53(13-15-54)117-20-19-94-8-2)86(114)95-74-50-31-68(119-66-17-10-46(78(76)108)28-59(66)91)82(123-89-83(81(111)80(110)70(39-100)121-89)122-72-38-90(6,93)84(112)41(5)118-72)69(32-50)120-67-18-11-47(29-60(67)92)79(109)77-88(116)96-75(65(106)36-55-48-23-42-22-43(25-48)26-49(55)24-42)58-34-52(101)35-62(103)73(58)57-27-45(9-16-61(57)102)56(37-64(74)105)87(115)98-77/h9-18,27-29,31-32,34-35,40-44,48-49,51,55-56,70,72,74-81,83-84,89,94,100-103,108-112H,7-8,19-26,30,33,36-39,93H2,1-6H3,(H,95,114)(H,96,116)(H,97,113)(H,98,115)(H,99,107)/t41-,42?,43?,44-,48?,49?,51-,55?,56-,70+,72-,74+,75-,76-,77+,78+,79-,80-,81-,83-,84+,89-,90-/m0/s1. The van der Waals surface area contributed by atoms with Crippen molar-refractivity contribution < 1.29 is 117 Å². The molecule has 7 heterocycles. The normalized spacial score (nSPS) is 30.7. The highest BCUT2D eigenvalue weighted by atomic mass is 35.5. The Hall–Kier alpha value is -9.23. The number of phenols is 3. The van der Waals surface area contributed by atoms with Gasteiger partial charge in [-0.2, -0.15) is 0 Å². The maximum Gasteiger partial charge on any atom is 0.246 e. The molecular formula is C90H107Cl2N7O24S. The van der Waals surface area contributed by atoms with Crippen molar-refractivity contribution in [2.45, 2.75) is 221 Å². The highest BCUT2D eigenvalue weighted by Crippen LogP contribution is 2.59. The number of halogens is 2. The summed E-state index contributed by atoms with van der Waals surface area (Å²) in [5, 5.41) is 121. The van der Waals surface area contributed by atoms with Crippen LogP contribution in [0.3, 0.4) is 0 Å². The maximum absolute atomic E-state index is 16.8. The smallest absolute Gasteiger partial charge is 0.246 e. The minimum atomic E-state index is -2.19. The Morgan fingerprint density at radius 1 is 0.702 bits per heavy atom. The van der Waals surface area contributed by atoms with Gasteiger partial charge in [0.15, 0.2) is 41.2 Å². The van der Waals surface area contributed by atoms with Crippen LogP contribution in [0.5, 0.6) is 51.7 Å². The second-order valence-corrected chi connectivity index (χ2v) is 36.5. The molecule has 6 aromatic rings. The van der Waals surface area contributed by atoms with E-state index in [4.69, 9.17) is 62.1 Å². The van der Waals surface area contributed by atoms with Crippen molar-refractivity contribution >= 4 is 82.0 Å². The number of benzene rings is 6. The lowest BCUT2D eigenvalue weighted by Crippen LogP contribution is -2.64. The fraction of sp³-hybridized carbons (Fsp3) is 0.511. The van der Waals surface area contributed by atoms with E-state index in [0.717, 1.165) is 80.9 Å². The first-order valence-electron chi connectivity index (χ1n) is 42.3. The molecule has 6 aromatic carbocycles. The van der Waals surface area contributed by atoms with Gasteiger partial charge in [-0.15, -0.1) is 0 Å². The van der Waals surface area contributed by atoms with Crippen molar-refractivity contribution in [3.63, 3.8) is 0 Å². The number of amides is 5. The van der Waals surface area contributed by atoms with E-state index in [9.17, 15) is 55.5 Å². The van der Waals surface area contributed by atoms with Crippen molar-refractivity contribution in [1.29, 1.82) is 0 Å². The molecular weight excluding hydrogens is 1670 g/mol. The molecule has 666 valence electrons. The second-order valence-electron chi connectivity index (χ2n) is 34.8. The Labute approximate surface area is 730 Å². The molecule has 18 atom stereocenters. The number of carbonyl (C=O) groups is 8. The number of rotatable bonds is 22. The summed E-state index contributed by atoms with van der Waals surface area (Å²) in [5.74, 6) is -14.5. The number of ether oxygens (including phenoxy) is 7. The molecule has 0 aromatic heterocycles. The van der Waals surface area contributed by atoms with Crippen molar-refractivity contribution in [1.82, 2.24) is 31.3 Å². The fourth-order valence-electron chi connectivity index (χ4n) is 19.2. The molecule has 0 radical (unpaired) electrons. The summed E-state index contributed by atoms with van der Waals surface area (Å²) >= 11 is 15.4. The van der Waals surface area contributed by atoms with Gasteiger partial charge in [0, 0.05) is 72.2 Å². The molecule has 31 nitrogen and oxygen atoms in total. The number of nitrogens with two attached hydrogens (primary N) is 1. The van der Waals surface area contributed by atoms with Gasteiger partial charge >= 0.3 is 0 Å². The Kier molecular flexibility index (Phi) is 28.3. The van der Waals surface area contributed by atoms with Crippen LogP contribution in [0.15, 0.2) is 108 Å². The molecule has 34 heteroatoms. The monoisotopic (exact) mass is 1770 g/mol. The number of hydrogen-bond donors (Lipinski definition) is 16. The minimum Gasteiger partial charge on any atom is -0.508 e. The van der Waals surface area contributed by atoms with E-state index < -0.39 is 216 Å². The topological polar surface area (TPSA) is 481 Å². The number of likely N-dealkylation sites (N-methyl/N-ethyl adjacent to an activating group) is 1. The van der Waals surface area contributed by atoms with Gasteiger partial charge in [-0.3, -0.25) is 43.1 Å². The van der Waals surface area contributed by atoms with E-state index in [-0.39, 0.29) is 97.0 Å². The van der Waals surface area contributed by atoms with E-state index in [2.05, 4.69) is 31.3 Å². The molecule has 2 saturated heterocycles. The van der Waals surface area contributed by atoms with Crippen molar-refractivity contribution in [2.75, 3.05) is 26.3 Å². The number of phenolic OH excluding ortho intramolecular Hbond substituents is 3. The Bertz CT molecular complexity index is 4980. The van der Waals surface area contributed by atoms with Gasteiger partial charge in [0.25, 0.3) is 0 Å². The summed E-state index contributed by atoms with van der Waals surface area (Å²) in [6.45, 7) is 11.3. The zero-order chi connectivity index (χ0) is 88.6. The molecule has 124 heavy (non-hydrogen) atoms. The average Bonchev–Trinajstić information content (AvgIpc) is 0.764.